The Kier molecular flexibility index (Phi) is 5.18. The molecule has 1 fully saturated rings. The van der Waals surface area contributed by atoms with Gasteiger partial charge in [-0.2, -0.15) is 10.1 Å². The molecule has 144 valence electrons. The van der Waals surface area contributed by atoms with Crippen LogP contribution in [0.2, 0.25) is 0 Å². The Morgan fingerprint density at radius 3 is 2.39 bits per heavy atom. The minimum atomic E-state index is -0.337. The fraction of sp³-hybridized carbons (Fsp3) is 0.250. The van der Waals surface area contributed by atoms with Crippen LogP contribution in [0.5, 0.6) is 5.75 Å². The van der Waals surface area contributed by atoms with Gasteiger partial charge in [0.2, 0.25) is 5.95 Å². The van der Waals surface area contributed by atoms with Crippen molar-refractivity contribution in [1.29, 1.82) is 0 Å². The van der Waals surface area contributed by atoms with E-state index >= 15 is 0 Å². The van der Waals surface area contributed by atoms with Crippen LogP contribution in [0.15, 0.2) is 54.7 Å². The fourth-order valence-corrected chi connectivity index (χ4v) is 3.15. The second-order valence-electron chi connectivity index (χ2n) is 6.42. The van der Waals surface area contributed by atoms with E-state index in [1.54, 1.807) is 25.3 Å². The molecule has 1 N–H and O–H groups in total. The van der Waals surface area contributed by atoms with Crippen molar-refractivity contribution in [2.24, 2.45) is 0 Å². The molecule has 1 aliphatic heterocycles. The van der Waals surface area contributed by atoms with Crippen molar-refractivity contribution in [3.63, 3.8) is 0 Å². The van der Waals surface area contributed by atoms with E-state index in [1.165, 1.54) is 12.3 Å². The van der Waals surface area contributed by atoms with E-state index in [-0.39, 0.29) is 5.82 Å². The molecule has 4 rings (SSSR count). The van der Waals surface area contributed by atoms with Crippen LogP contribution in [0.25, 0.3) is 0 Å². The van der Waals surface area contributed by atoms with Gasteiger partial charge in [-0.05, 0) is 36.4 Å². The molecule has 0 radical (unpaired) electrons. The molecular weight excluding hydrogens is 359 g/mol. The number of methoxy groups -OCH3 is 1. The number of hydrogen-bond donors (Lipinski definition) is 1. The van der Waals surface area contributed by atoms with E-state index in [4.69, 9.17) is 4.74 Å². The van der Waals surface area contributed by atoms with Gasteiger partial charge in [0, 0.05) is 31.9 Å². The first-order chi connectivity index (χ1) is 13.7. The summed E-state index contributed by atoms with van der Waals surface area (Å²) in [5.74, 6) is 1.51. The third kappa shape index (κ3) is 3.95. The van der Waals surface area contributed by atoms with Crippen LogP contribution in [0, 0.1) is 5.82 Å². The van der Waals surface area contributed by atoms with E-state index in [9.17, 15) is 4.39 Å². The molecule has 0 aliphatic carbocycles. The zero-order chi connectivity index (χ0) is 19.3. The van der Waals surface area contributed by atoms with Crippen molar-refractivity contribution < 1.29 is 9.13 Å². The van der Waals surface area contributed by atoms with Crippen LogP contribution in [-0.2, 0) is 0 Å². The molecule has 0 bridgehead atoms. The van der Waals surface area contributed by atoms with Crippen LogP contribution < -0.4 is 19.9 Å². The first-order valence-corrected chi connectivity index (χ1v) is 9.08. The van der Waals surface area contributed by atoms with Crippen LogP contribution in [0.3, 0.4) is 0 Å². The topological polar surface area (TPSA) is 66.4 Å². The monoisotopic (exact) mass is 380 g/mol. The number of halogens is 1. The van der Waals surface area contributed by atoms with E-state index in [0.29, 0.717) is 17.5 Å². The van der Waals surface area contributed by atoms with E-state index in [1.807, 2.05) is 12.1 Å². The molecule has 2 heterocycles. The second kappa shape index (κ2) is 8.08. The summed E-state index contributed by atoms with van der Waals surface area (Å²) in [5, 5.41) is 11.1. The zero-order valence-electron chi connectivity index (χ0n) is 15.5. The lowest BCUT2D eigenvalue weighted by Gasteiger charge is -2.36. The lowest BCUT2D eigenvalue weighted by molar-refractivity contribution is 0.415. The van der Waals surface area contributed by atoms with Crippen LogP contribution in [0.1, 0.15) is 0 Å². The Balaban J connectivity index is 1.41. The number of hydrogen-bond acceptors (Lipinski definition) is 7. The third-order valence-electron chi connectivity index (χ3n) is 4.68. The van der Waals surface area contributed by atoms with Crippen molar-refractivity contribution in [3.8, 4) is 5.75 Å². The molecule has 2 aromatic carbocycles. The van der Waals surface area contributed by atoms with Crippen molar-refractivity contribution >= 4 is 23.1 Å². The second-order valence-corrected chi connectivity index (χ2v) is 6.42. The molecule has 8 heteroatoms. The summed E-state index contributed by atoms with van der Waals surface area (Å²) in [4.78, 5) is 8.89. The number of nitrogens with zero attached hydrogens (tertiary/aromatic N) is 5. The molecule has 3 aromatic rings. The maximum atomic E-state index is 13.8. The molecule has 0 atom stereocenters. The number of ether oxygens (including phenoxy) is 1. The SMILES string of the molecule is COc1ccc(N2CCN(c3nncc(Nc4ccccc4F)n3)CC2)cc1. The number of aromatic nitrogens is 3. The number of benzene rings is 2. The summed E-state index contributed by atoms with van der Waals surface area (Å²) in [5.41, 5.74) is 1.52. The largest absolute Gasteiger partial charge is 0.497 e. The minimum absolute atomic E-state index is 0.337. The maximum absolute atomic E-state index is 13.8. The Bertz CT molecular complexity index is 928. The van der Waals surface area contributed by atoms with Gasteiger partial charge in [-0.1, -0.05) is 12.1 Å². The quantitative estimate of drug-likeness (QED) is 0.730. The number of rotatable bonds is 5. The van der Waals surface area contributed by atoms with Crippen LogP contribution in [0.4, 0.5) is 27.5 Å². The normalized spacial score (nSPS) is 14.1. The van der Waals surface area contributed by atoms with Crippen molar-refractivity contribution in [1.82, 2.24) is 15.2 Å². The first-order valence-electron chi connectivity index (χ1n) is 9.08. The molecule has 1 saturated heterocycles. The van der Waals surface area contributed by atoms with Gasteiger partial charge >= 0.3 is 0 Å². The zero-order valence-corrected chi connectivity index (χ0v) is 15.5. The molecule has 0 saturated carbocycles. The predicted octanol–water partition coefficient (Wildman–Crippen LogP) is 3.09. The van der Waals surface area contributed by atoms with E-state index in [0.717, 1.165) is 37.6 Å². The maximum Gasteiger partial charge on any atom is 0.247 e. The molecule has 1 aromatic heterocycles. The average Bonchev–Trinajstić information content (AvgIpc) is 2.76. The standard InChI is InChI=1S/C20H21FN6O/c1-28-16-8-6-15(7-9-16)26-10-12-27(13-11-26)20-24-19(14-22-25-20)23-18-5-3-2-4-17(18)21/h2-9,14H,10-13H2,1H3,(H,23,24,25). The smallest absolute Gasteiger partial charge is 0.247 e. The third-order valence-corrected chi connectivity index (χ3v) is 4.68. The van der Waals surface area contributed by atoms with Crippen molar-refractivity contribution in [2.75, 3.05) is 48.4 Å². The van der Waals surface area contributed by atoms with Crippen LogP contribution in [-0.4, -0.2) is 48.5 Å². The number of piperazine rings is 1. The highest BCUT2D eigenvalue weighted by atomic mass is 19.1. The van der Waals surface area contributed by atoms with Gasteiger partial charge in [0.1, 0.15) is 11.6 Å². The van der Waals surface area contributed by atoms with E-state index < -0.39 is 0 Å². The van der Waals surface area contributed by atoms with Crippen molar-refractivity contribution in [3.05, 3.63) is 60.5 Å². The summed E-state index contributed by atoms with van der Waals surface area (Å²) in [6, 6.07) is 14.5. The molecular formula is C20H21FN6O. The van der Waals surface area contributed by atoms with Gasteiger partial charge in [0.15, 0.2) is 5.82 Å². The number of anilines is 4. The highest BCUT2D eigenvalue weighted by molar-refractivity contribution is 5.57. The lowest BCUT2D eigenvalue weighted by Crippen LogP contribution is -2.47. The van der Waals surface area contributed by atoms with Gasteiger partial charge in [0.05, 0.1) is 19.0 Å². The lowest BCUT2D eigenvalue weighted by atomic mass is 10.2. The molecule has 1 aliphatic rings. The van der Waals surface area contributed by atoms with Gasteiger partial charge in [-0.25, -0.2) is 4.39 Å². The first kappa shape index (κ1) is 18.0. The van der Waals surface area contributed by atoms with Gasteiger partial charge in [-0.3, -0.25) is 0 Å². The molecule has 0 amide bonds. The fourth-order valence-electron chi connectivity index (χ4n) is 3.15. The molecule has 0 spiro atoms. The Labute approximate surface area is 162 Å². The minimum Gasteiger partial charge on any atom is -0.497 e. The van der Waals surface area contributed by atoms with E-state index in [2.05, 4.69) is 42.4 Å². The summed E-state index contributed by atoms with van der Waals surface area (Å²) in [6.45, 7) is 3.25. The van der Waals surface area contributed by atoms with Crippen LogP contribution >= 0.6 is 0 Å². The van der Waals surface area contributed by atoms with Gasteiger partial charge < -0.3 is 19.9 Å². The highest BCUT2D eigenvalue weighted by Gasteiger charge is 2.20. The average molecular weight is 380 g/mol. The Hall–Kier alpha value is -3.42. The molecule has 7 nitrogen and oxygen atoms in total. The molecule has 28 heavy (non-hydrogen) atoms. The summed E-state index contributed by atoms with van der Waals surface area (Å²) in [6.07, 6.45) is 1.49. The van der Waals surface area contributed by atoms with Gasteiger partial charge in [0.25, 0.3) is 0 Å². The Morgan fingerprint density at radius 1 is 0.964 bits per heavy atom. The highest BCUT2D eigenvalue weighted by Crippen LogP contribution is 2.22. The summed E-state index contributed by atoms with van der Waals surface area (Å²) in [7, 11) is 1.66. The predicted molar refractivity (Wildman–Crippen MR) is 107 cm³/mol. The number of nitrogens with one attached hydrogen (secondary N) is 1. The summed E-state index contributed by atoms with van der Waals surface area (Å²) < 4.78 is 19.0. The molecule has 0 unspecified atom stereocenters. The number of para-hydroxylation sites is 1. The summed E-state index contributed by atoms with van der Waals surface area (Å²) >= 11 is 0. The van der Waals surface area contributed by atoms with Crippen molar-refractivity contribution in [2.45, 2.75) is 0 Å². The van der Waals surface area contributed by atoms with Gasteiger partial charge in [-0.15, -0.1) is 5.10 Å². The Morgan fingerprint density at radius 2 is 1.68 bits per heavy atom.